The molecule has 0 spiro atoms. The first kappa shape index (κ1) is 15.3. The quantitative estimate of drug-likeness (QED) is 0.792. The van der Waals surface area contributed by atoms with Gasteiger partial charge in [0, 0.05) is 13.1 Å². The van der Waals surface area contributed by atoms with Crippen molar-refractivity contribution in [3.05, 3.63) is 30.1 Å². The molecule has 1 unspecified atom stereocenters. The summed E-state index contributed by atoms with van der Waals surface area (Å²) >= 11 is 0. The Morgan fingerprint density at radius 1 is 1.33 bits per heavy atom. The zero-order valence-corrected chi connectivity index (χ0v) is 11.9. The van der Waals surface area contributed by atoms with Crippen molar-refractivity contribution in [2.45, 2.75) is 12.8 Å². The van der Waals surface area contributed by atoms with Gasteiger partial charge in [0.2, 0.25) is 0 Å². The third-order valence-electron chi connectivity index (χ3n) is 3.48. The minimum atomic E-state index is -0.356. The molecule has 21 heavy (non-hydrogen) atoms. The Labute approximate surface area is 122 Å². The smallest absolute Gasteiger partial charge is 0.310 e. The summed E-state index contributed by atoms with van der Waals surface area (Å²) in [7, 11) is 1.35. The first-order valence-corrected chi connectivity index (χ1v) is 6.84. The van der Waals surface area contributed by atoms with Crippen LogP contribution in [0, 0.1) is 11.7 Å². The van der Waals surface area contributed by atoms with Gasteiger partial charge < -0.3 is 14.4 Å². The Bertz CT molecular complexity index is 503. The Hall–Kier alpha value is -2.11. The van der Waals surface area contributed by atoms with Gasteiger partial charge in [0.15, 0.2) is 6.61 Å². The summed E-state index contributed by atoms with van der Waals surface area (Å²) in [6, 6.07) is 5.48. The van der Waals surface area contributed by atoms with E-state index in [1.54, 1.807) is 4.90 Å². The molecule has 114 valence electrons. The molecular formula is C15H18FNO4. The highest BCUT2D eigenvalue weighted by Crippen LogP contribution is 2.18. The van der Waals surface area contributed by atoms with Crippen molar-refractivity contribution in [1.29, 1.82) is 0 Å². The molecule has 0 saturated carbocycles. The van der Waals surface area contributed by atoms with Crippen molar-refractivity contribution >= 4 is 11.9 Å². The van der Waals surface area contributed by atoms with Crippen LogP contribution in [-0.2, 0) is 14.3 Å². The summed E-state index contributed by atoms with van der Waals surface area (Å²) < 4.78 is 22.8. The fraction of sp³-hybridized carbons (Fsp3) is 0.467. The third kappa shape index (κ3) is 4.18. The van der Waals surface area contributed by atoms with E-state index in [2.05, 4.69) is 0 Å². The van der Waals surface area contributed by atoms with Crippen LogP contribution in [-0.4, -0.2) is 43.6 Å². The number of nitrogens with zero attached hydrogens (tertiary/aromatic N) is 1. The Morgan fingerprint density at radius 2 is 2.05 bits per heavy atom. The number of benzene rings is 1. The maximum absolute atomic E-state index is 12.8. The molecule has 0 bridgehead atoms. The van der Waals surface area contributed by atoms with E-state index in [-0.39, 0.29) is 30.2 Å². The Morgan fingerprint density at radius 3 is 2.71 bits per heavy atom. The van der Waals surface area contributed by atoms with E-state index < -0.39 is 0 Å². The Kier molecular flexibility index (Phi) is 5.14. The van der Waals surface area contributed by atoms with Crippen molar-refractivity contribution in [2.24, 2.45) is 5.92 Å². The lowest BCUT2D eigenvalue weighted by molar-refractivity contribution is -0.149. The second-order valence-electron chi connectivity index (χ2n) is 4.94. The molecule has 0 aliphatic carbocycles. The lowest BCUT2D eigenvalue weighted by Crippen LogP contribution is -2.44. The summed E-state index contributed by atoms with van der Waals surface area (Å²) in [5.74, 6) is -0.657. The summed E-state index contributed by atoms with van der Waals surface area (Å²) in [6.45, 7) is 0.844. The SMILES string of the molecule is COC(=O)C1CCCN(C(=O)COc2ccc(F)cc2)C1. The van der Waals surface area contributed by atoms with Gasteiger partial charge in [0.1, 0.15) is 11.6 Å². The van der Waals surface area contributed by atoms with E-state index in [0.29, 0.717) is 18.8 Å². The van der Waals surface area contributed by atoms with Crippen LogP contribution in [0.25, 0.3) is 0 Å². The fourth-order valence-electron chi connectivity index (χ4n) is 2.33. The van der Waals surface area contributed by atoms with Crippen LogP contribution in [0.3, 0.4) is 0 Å². The van der Waals surface area contributed by atoms with Gasteiger partial charge in [-0.1, -0.05) is 0 Å². The first-order valence-electron chi connectivity index (χ1n) is 6.84. The van der Waals surface area contributed by atoms with Gasteiger partial charge in [-0.05, 0) is 37.1 Å². The van der Waals surface area contributed by atoms with Crippen LogP contribution in [0.1, 0.15) is 12.8 Å². The zero-order chi connectivity index (χ0) is 15.2. The highest BCUT2D eigenvalue weighted by molar-refractivity contribution is 5.79. The van der Waals surface area contributed by atoms with Gasteiger partial charge in [-0.2, -0.15) is 0 Å². The molecule has 1 amide bonds. The summed E-state index contributed by atoms with van der Waals surface area (Å²) in [6.07, 6.45) is 1.50. The molecule has 0 radical (unpaired) electrons. The minimum absolute atomic E-state index is 0.125. The zero-order valence-electron chi connectivity index (χ0n) is 11.9. The van der Waals surface area contributed by atoms with Crippen LogP contribution in [0.2, 0.25) is 0 Å². The lowest BCUT2D eigenvalue weighted by atomic mass is 9.98. The molecule has 1 heterocycles. The summed E-state index contributed by atoms with van der Waals surface area (Å²) in [5, 5.41) is 0. The van der Waals surface area contributed by atoms with Crippen molar-refractivity contribution in [2.75, 3.05) is 26.8 Å². The number of amides is 1. The van der Waals surface area contributed by atoms with E-state index in [9.17, 15) is 14.0 Å². The molecular weight excluding hydrogens is 277 g/mol. The fourth-order valence-corrected chi connectivity index (χ4v) is 2.33. The molecule has 0 N–H and O–H groups in total. The second-order valence-corrected chi connectivity index (χ2v) is 4.94. The molecule has 6 heteroatoms. The van der Waals surface area contributed by atoms with Gasteiger partial charge in [-0.15, -0.1) is 0 Å². The molecule has 1 aliphatic rings. The van der Waals surface area contributed by atoms with Crippen molar-refractivity contribution in [3.8, 4) is 5.75 Å². The van der Waals surface area contributed by atoms with Crippen LogP contribution in [0.4, 0.5) is 4.39 Å². The largest absolute Gasteiger partial charge is 0.484 e. The number of likely N-dealkylation sites (tertiary alicyclic amines) is 1. The molecule has 1 saturated heterocycles. The number of halogens is 1. The summed E-state index contributed by atoms with van der Waals surface area (Å²) in [4.78, 5) is 25.2. The third-order valence-corrected chi connectivity index (χ3v) is 3.48. The standard InChI is InChI=1S/C15H18FNO4/c1-20-15(19)11-3-2-8-17(9-11)14(18)10-21-13-6-4-12(16)5-7-13/h4-7,11H,2-3,8-10H2,1H3. The molecule has 1 atom stereocenters. The number of hydrogen-bond donors (Lipinski definition) is 0. The topological polar surface area (TPSA) is 55.8 Å². The van der Waals surface area contributed by atoms with Gasteiger partial charge in [0.25, 0.3) is 5.91 Å². The number of carbonyl (C=O) groups is 2. The maximum atomic E-state index is 12.8. The normalized spacial score (nSPS) is 18.2. The van der Waals surface area contributed by atoms with E-state index >= 15 is 0 Å². The lowest BCUT2D eigenvalue weighted by Gasteiger charge is -2.31. The van der Waals surface area contributed by atoms with Crippen LogP contribution in [0.15, 0.2) is 24.3 Å². The van der Waals surface area contributed by atoms with Crippen molar-refractivity contribution in [1.82, 2.24) is 4.90 Å². The van der Waals surface area contributed by atoms with Crippen molar-refractivity contribution < 1.29 is 23.5 Å². The van der Waals surface area contributed by atoms with Crippen LogP contribution in [0.5, 0.6) is 5.75 Å². The van der Waals surface area contributed by atoms with Gasteiger partial charge in [-0.3, -0.25) is 9.59 Å². The van der Waals surface area contributed by atoms with E-state index in [1.807, 2.05) is 0 Å². The molecule has 1 aliphatic heterocycles. The monoisotopic (exact) mass is 295 g/mol. The molecule has 0 aromatic heterocycles. The van der Waals surface area contributed by atoms with Crippen molar-refractivity contribution in [3.63, 3.8) is 0 Å². The molecule has 5 nitrogen and oxygen atoms in total. The number of piperidine rings is 1. The average molecular weight is 295 g/mol. The molecule has 2 rings (SSSR count). The van der Waals surface area contributed by atoms with Crippen LogP contribution < -0.4 is 4.74 Å². The number of methoxy groups -OCH3 is 1. The second kappa shape index (κ2) is 7.06. The van der Waals surface area contributed by atoms with E-state index in [4.69, 9.17) is 9.47 Å². The Balaban J connectivity index is 1.85. The molecule has 1 fully saturated rings. The number of esters is 1. The number of ether oxygens (including phenoxy) is 2. The van der Waals surface area contributed by atoms with E-state index in [0.717, 1.165) is 12.8 Å². The maximum Gasteiger partial charge on any atom is 0.310 e. The number of rotatable bonds is 4. The highest BCUT2D eigenvalue weighted by Gasteiger charge is 2.29. The van der Waals surface area contributed by atoms with E-state index in [1.165, 1.54) is 31.4 Å². The molecule has 1 aromatic carbocycles. The highest BCUT2D eigenvalue weighted by atomic mass is 19.1. The molecule has 1 aromatic rings. The minimum Gasteiger partial charge on any atom is -0.484 e. The number of carbonyl (C=O) groups excluding carboxylic acids is 2. The van der Waals surface area contributed by atoms with Gasteiger partial charge >= 0.3 is 5.97 Å². The van der Waals surface area contributed by atoms with Gasteiger partial charge in [-0.25, -0.2) is 4.39 Å². The van der Waals surface area contributed by atoms with Crippen LogP contribution >= 0.6 is 0 Å². The summed E-state index contributed by atoms with van der Waals surface area (Å²) in [5.41, 5.74) is 0. The average Bonchev–Trinajstić information content (AvgIpc) is 2.53. The number of hydrogen-bond acceptors (Lipinski definition) is 4. The predicted molar refractivity (Wildman–Crippen MR) is 73.2 cm³/mol. The van der Waals surface area contributed by atoms with Gasteiger partial charge in [0.05, 0.1) is 13.0 Å². The first-order chi connectivity index (χ1) is 10.1. The predicted octanol–water partition coefficient (Wildman–Crippen LogP) is 1.62.